The lowest BCUT2D eigenvalue weighted by atomic mass is 10.1. The number of halogens is 1. The lowest BCUT2D eigenvalue weighted by molar-refractivity contribution is -0.136. The molecule has 1 N–H and O–H groups in total. The molecule has 0 aliphatic heterocycles. The zero-order chi connectivity index (χ0) is 16.0. The van der Waals surface area contributed by atoms with Crippen LogP contribution in [-0.2, 0) is 4.79 Å². The first-order valence-corrected chi connectivity index (χ1v) is 8.14. The average Bonchev–Trinajstić information content (AvgIpc) is 2.88. The van der Waals surface area contributed by atoms with Gasteiger partial charge in [0.25, 0.3) is 0 Å². The van der Waals surface area contributed by atoms with Crippen LogP contribution in [0.5, 0.6) is 5.75 Å². The van der Waals surface area contributed by atoms with Crippen molar-refractivity contribution in [2.75, 3.05) is 7.11 Å². The maximum Gasteiger partial charge on any atom is 0.303 e. The average molecular weight is 373 g/mol. The van der Waals surface area contributed by atoms with E-state index in [2.05, 4.69) is 15.9 Å². The van der Waals surface area contributed by atoms with Crippen LogP contribution < -0.4 is 4.74 Å². The third-order valence-corrected chi connectivity index (χ3v) is 4.39. The van der Waals surface area contributed by atoms with Gasteiger partial charge < -0.3 is 9.84 Å². The number of carbonyl (C=O) groups excluding carboxylic acids is 1. The van der Waals surface area contributed by atoms with Crippen molar-refractivity contribution in [3.8, 4) is 5.75 Å². The highest BCUT2D eigenvalue weighted by molar-refractivity contribution is 9.10. The molecule has 2 rings (SSSR count). The summed E-state index contributed by atoms with van der Waals surface area (Å²) in [5.74, 6) is -0.392. The number of carbonyl (C=O) groups is 2. The van der Waals surface area contributed by atoms with E-state index >= 15 is 0 Å². The molecule has 114 valence electrons. The molecule has 2 aromatic rings. The molecule has 0 aliphatic rings. The number of aliphatic carboxylic acids is 1. The molecule has 0 amide bonds. The standard InChI is InChI=1S/C13H11BrO4S.C2H6/c1-18-10-6-11-7(4-8(10)14)5-12(19-11)9(15)2-3-13(16)17;1-2/h4-6H,2-3H2,1H3,(H,16,17);1-2H3. The molecule has 0 saturated carbocycles. The van der Waals surface area contributed by atoms with Gasteiger partial charge in [-0.25, -0.2) is 0 Å². The molecule has 4 nitrogen and oxygen atoms in total. The van der Waals surface area contributed by atoms with Crippen molar-refractivity contribution >= 4 is 49.1 Å². The van der Waals surface area contributed by atoms with Gasteiger partial charge in [-0.3, -0.25) is 9.59 Å². The van der Waals surface area contributed by atoms with Crippen molar-refractivity contribution in [2.45, 2.75) is 26.7 Å². The fraction of sp³-hybridized carbons (Fsp3) is 0.333. The van der Waals surface area contributed by atoms with Gasteiger partial charge in [-0.2, -0.15) is 0 Å². The Kier molecular flexibility index (Phi) is 6.84. The summed E-state index contributed by atoms with van der Waals surface area (Å²) >= 11 is 4.74. The Balaban J connectivity index is 0.00000106. The van der Waals surface area contributed by atoms with Crippen LogP contribution in [0.2, 0.25) is 0 Å². The van der Waals surface area contributed by atoms with E-state index in [1.54, 1.807) is 13.2 Å². The number of thiophene rings is 1. The van der Waals surface area contributed by atoms with E-state index in [1.807, 2.05) is 26.0 Å². The van der Waals surface area contributed by atoms with Crippen LogP contribution in [0.15, 0.2) is 22.7 Å². The van der Waals surface area contributed by atoms with Gasteiger partial charge in [-0.15, -0.1) is 11.3 Å². The second-order valence-corrected chi connectivity index (χ2v) is 5.89. The summed E-state index contributed by atoms with van der Waals surface area (Å²) in [5, 5.41) is 9.52. The minimum Gasteiger partial charge on any atom is -0.496 e. The predicted molar refractivity (Wildman–Crippen MR) is 88.6 cm³/mol. The van der Waals surface area contributed by atoms with E-state index in [4.69, 9.17) is 9.84 Å². The second kappa shape index (κ2) is 8.14. The zero-order valence-corrected chi connectivity index (χ0v) is 14.5. The number of carboxylic acids is 1. The Bertz CT molecular complexity index is 648. The summed E-state index contributed by atoms with van der Waals surface area (Å²) in [6.07, 6.45) is -0.111. The van der Waals surface area contributed by atoms with Crippen LogP contribution in [0.4, 0.5) is 0 Å². The smallest absolute Gasteiger partial charge is 0.303 e. The van der Waals surface area contributed by atoms with Gasteiger partial charge in [0, 0.05) is 11.1 Å². The molecular weight excluding hydrogens is 356 g/mol. The maximum absolute atomic E-state index is 11.9. The van der Waals surface area contributed by atoms with Gasteiger partial charge in [0.2, 0.25) is 0 Å². The number of ketones is 1. The number of ether oxygens (including phenoxy) is 1. The Hall–Kier alpha value is -1.40. The van der Waals surface area contributed by atoms with Crippen molar-refractivity contribution in [3.05, 3.63) is 27.5 Å². The number of methoxy groups -OCH3 is 1. The Labute approximate surface area is 135 Å². The summed E-state index contributed by atoms with van der Waals surface area (Å²) in [5.41, 5.74) is 0. The Morgan fingerprint density at radius 2 is 1.90 bits per heavy atom. The van der Waals surface area contributed by atoms with E-state index in [9.17, 15) is 9.59 Å². The summed E-state index contributed by atoms with van der Waals surface area (Å²) in [7, 11) is 1.58. The fourth-order valence-corrected chi connectivity index (χ4v) is 3.24. The van der Waals surface area contributed by atoms with Crippen LogP contribution in [-0.4, -0.2) is 24.0 Å². The van der Waals surface area contributed by atoms with Gasteiger partial charge in [0.1, 0.15) is 5.75 Å². The van der Waals surface area contributed by atoms with Crippen LogP contribution in [0.25, 0.3) is 10.1 Å². The fourth-order valence-electron chi connectivity index (χ4n) is 1.68. The number of fused-ring (bicyclic) bond motifs is 1. The van der Waals surface area contributed by atoms with Crippen molar-refractivity contribution in [1.29, 1.82) is 0 Å². The van der Waals surface area contributed by atoms with E-state index < -0.39 is 5.97 Å². The van der Waals surface area contributed by atoms with Crippen molar-refractivity contribution in [2.24, 2.45) is 0 Å². The number of hydrogen-bond donors (Lipinski definition) is 1. The summed E-state index contributed by atoms with van der Waals surface area (Å²) in [6, 6.07) is 5.53. The molecule has 0 fully saturated rings. The lowest BCUT2D eigenvalue weighted by Gasteiger charge is -2.01. The Morgan fingerprint density at radius 3 is 2.48 bits per heavy atom. The minimum absolute atomic E-state index is 0.0282. The third kappa shape index (κ3) is 4.54. The van der Waals surface area contributed by atoms with Crippen LogP contribution in [0.3, 0.4) is 0 Å². The predicted octanol–water partition coefficient (Wildman–Crippen LogP) is 4.75. The molecule has 1 aromatic heterocycles. The lowest BCUT2D eigenvalue weighted by Crippen LogP contribution is -2.01. The molecule has 0 radical (unpaired) electrons. The van der Waals surface area contributed by atoms with E-state index in [1.165, 1.54) is 11.3 Å². The molecule has 6 heteroatoms. The van der Waals surface area contributed by atoms with Gasteiger partial charge in [-0.1, -0.05) is 13.8 Å². The first-order valence-electron chi connectivity index (χ1n) is 6.53. The number of Topliss-reactive ketones (excluding diaryl/α,β-unsaturated/α-hetero) is 1. The highest BCUT2D eigenvalue weighted by Crippen LogP contribution is 2.35. The maximum atomic E-state index is 11.9. The monoisotopic (exact) mass is 372 g/mol. The second-order valence-electron chi connectivity index (χ2n) is 3.95. The minimum atomic E-state index is -0.959. The van der Waals surface area contributed by atoms with E-state index in [0.717, 1.165) is 14.6 Å². The molecule has 0 unspecified atom stereocenters. The van der Waals surface area contributed by atoms with Crippen molar-refractivity contribution in [1.82, 2.24) is 0 Å². The molecule has 21 heavy (non-hydrogen) atoms. The third-order valence-electron chi connectivity index (χ3n) is 2.63. The quantitative estimate of drug-likeness (QED) is 0.769. The summed E-state index contributed by atoms with van der Waals surface area (Å²) < 4.78 is 6.97. The van der Waals surface area contributed by atoms with E-state index in [-0.39, 0.29) is 18.6 Å². The topological polar surface area (TPSA) is 63.6 Å². The van der Waals surface area contributed by atoms with Crippen molar-refractivity contribution < 1.29 is 19.4 Å². The molecule has 0 spiro atoms. The molecule has 0 bridgehead atoms. The highest BCUT2D eigenvalue weighted by atomic mass is 79.9. The normalized spacial score (nSPS) is 9.90. The molecule has 0 aliphatic carbocycles. The van der Waals surface area contributed by atoms with Crippen LogP contribution >= 0.6 is 27.3 Å². The zero-order valence-electron chi connectivity index (χ0n) is 12.1. The molecule has 0 saturated heterocycles. The first-order chi connectivity index (χ1) is 10.0. The van der Waals surface area contributed by atoms with Gasteiger partial charge in [-0.05, 0) is 39.5 Å². The molecule has 1 heterocycles. The van der Waals surface area contributed by atoms with Gasteiger partial charge >= 0.3 is 5.97 Å². The molecule has 1 aromatic carbocycles. The van der Waals surface area contributed by atoms with E-state index in [0.29, 0.717) is 10.6 Å². The largest absolute Gasteiger partial charge is 0.496 e. The van der Waals surface area contributed by atoms with Crippen LogP contribution in [0, 0.1) is 0 Å². The van der Waals surface area contributed by atoms with Gasteiger partial charge in [0.05, 0.1) is 22.9 Å². The number of carboxylic acid groups (broad SMARTS) is 1. The van der Waals surface area contributed by atoms with Crippen LogP contribution in [0.1, 0.15) is 36.4 Å². The number of hydrogen-bond acceptors (Lipinski definition) is 4. The summed E-state index contributed by atoms with van der Waals surface area (Å²) in [4.78, 5) is 22.9. The Morgan fingerprint density at radius 1 is 1.24 bits per heavy atom. The molecular formula is C15H17BrO4S. The SMILES string of the molecule is CC.COc1cc2sc(C(=O)CCC(=O)O)cc2cc1Br. The highest BCUT2D eigenvalue weighted by Gasteiger charge is 2.13. The van der Waals surface area contributed by atoms with Gasteiger partial charge in [0.15, 0.2) is 5.78 Å². The molecule has 0 atom stereocenters. The first kappa shape index (κ1) is 17.7. The number of benzene rings is 1. The van der Waals surface area contributed by atoms with Crippen molar-refractivity contribution in [3.63, 3.8) is 0 Å². The summed E-state index contributed by atoms with van der Waals surface area (Å²) in [6.45, 7) is 4.00. The number of rotatable bonds is 5.